The van der Waals surface area contributed by atoms with E-state index in [-0.39, 0.29) is 5.82 Å². The van der Waals surface area contributed by atoms with Crippen molar-refractivity contribution < 1.29 is 4.39 Å². The molecule has 1 N–H and O–H groups in total. The molecule has 1 aromatic carbocycles. The van der Waals surface area contributed by atoms with Crippen molar-refractivity contribution in [3.63, 3.8) is 0 Å². The fourth-order valence-corrected chi connectivity index (χ4v) is 2.41. The molecule has 0 saturated carbocycles. The minimum Gasteiger partial charge on any atom is -0.355 e. The smallest absolute Gasteiger partial charge is 0.141 e. The highest BCUT2D eigenvalue weighted by Gasteiger charge is 2.11. The number of nitrogens with one attached hydrogen (secondary N) is 1. The molecule has 2 rings (SSSR count). The Balaban J connectivity index is 2.17. The normalized spacial score (nSPS) is 10.7. The Morgan fingerprint density at radius 3 is 2.67 bits per heavy atom. The number of aromatic nitrogens is 1. The van der Waals surface area contributed by atoms with E-state index in [4.69, 9.17) is 0 Å². The molecule has 0 spiro atoms. The van der Waals surface area contributed by atoms with Crippen LogP contribution in [0.25, 0.3) is 0 Å². The average molecular weight is 352 g/mol. The quantitative estimate of drug-likeness (QED) is 0.859. The summed E-state index contributed by atoms with van der Waals surface area (Å²) in [7, 11) is 1.97. The van der Waals surface area contributed by atoms with E-state index in [1.807, 2.05) is 31.0 Å². The van der Waals surface area contributed by atoms with Crippen molar-refractivity contribution in [1.82, 2.24) is 10.3 Å². The Bertz CT molecular complexity index is 587. The molecule has 0 atom stereocenters. The van der Waals surface area contributed by atoms with Gasteiger partial charge in [-0.2, -0.15) is 0 Å². The summed E-state index contributed by atoms with van der Waals surface area (Å²) in [4.78, 5) is 6.28. The van der Waals surface area contributed by atoms with Crippen LogP contribution < -0.4 is 10.2 Å². The molecule has 0 fully saturated rings. The summed E-state index contributed by atoms with van der Waals surface area (Å²) in [5.41, 5.74) is 2.05. The number of hydrogen-bond donors (Lipinski definition) is 1. The van der Waals surface area contributed by atoms with E-state index in [0.29, 0.717) is 6.54 Å². The first kappa shape index (κ1) is 15.9. The molecular formula is C16H19BrFN3. The van der Waals surface area contributed by atoms with Gasteiger partial charge in [-0.15, -0.1) is 0 Å². The molecule has 5 heteroatoms. The average Bonchev–Trinajstić information content (AvgIpc) is 2.47. The van der Waals surface area contributed by atoms with Gasteiger partial charge in [0.15, 0.2) is 0 Å². The van der Waals surface area contributed by atoms with Crippen molar-refractivity contribution in [1.29, 1.82) is 0 Å². The lowest BCUT2D eigenvalue weighted by Crippen LogP contribution is -2.22. The largest absolute Gasteiger partial charge is 0.355 e. The molecule has 21 heavy (non-hydrogen) atoms. The number of pyridine rings is 1. The molecule has 0 amide bonds. The van der Waals surface area contributed by atoms with Crippen LogP contribution in [0.1, 0.15) is 18.1 Å². The zero-order valence-electron chi connectivity index (χ0n) is 12.2. The third-order valence-electron chi connectivity index (χ3n) is 3.17. The van der Waals surface area contributed by atoms with E-state index in [1.54, 1.807) is 6.07 Å². The lowest BCUT2D eigenvalue weighted by atomic mass is 10.2. The lowest BCUT2D eigenvalue weighted by Gasteiger charge is -2.21. The van der Waals surface area contributed by atoms with E-state index >= 15 is 0 Å². The molecule has 3 nitrogen and oxygen atoms in total. The fraction of sp³-hybridized carbons (Fsp3) is 0.312. The molecule has 2 aromatic rings. The summed E-state index contributed by atoms with van der Waals surface area (Å²) in [6.45, 7) is 4.20. The molecule has 0 bridgehead atoms. The molecule has 0 aliphatic rings. The lowest BCUT2D eigenvalue weighted by molar-refractivity contribution is 0.613. The number of anilines is 1. The maximum absolute atomic E-state index is 13.4. The van der Waals surface area contributed by atoms with E-state index in [9.17, 15) is 4.39 Å². The van der Waals surface area contributed by atoms with Crippen LogP contribution in [0.3, 0.4) is 0 Å². The number of benzene rings is 1. The third-order valence-corrected chi connectivity index (χ3v) is 3.70. The molecule has 1 heterocycles. The summed E-state index contributed by atoms with van der Waals surface area (Å²) in [5, 5.41) is 3.22. The van der Waals surface area contributed by atoms with Gasteiger partial charge in [0, 0.05) is 30.2 Å². The molecule has 1 aromatic heterocycles. The second-order valence-corrected chi connectivity index (χ2v) is 5.81. The van der Waals surface area contributed by atoms with Gasteiger partial charge in [-0.05, 0) is 30.3 Å². The van der Waals surface area contributed by atoms with E-state index in [1.165, 1.54) is 11.8 Å². The Labute approximate surface area is 133 Å². The van der Waals surface area contributed by atoms with Crippen LogP contribution in [0.4, 0.5) is 10.2 Å². The Morgan fingerprint density at radius 2 is 2.00 bits per heavy atom. The SMILES string of the molecule is CCNCc1cc(F)cnc1N(C)Cc1ccc(Br)cc1. The molecule has 0 radical (unpaired) electrons. The van der Waals surface area contributed by atoms with Crippen LogP contribution in [0.2, 0.25) is 0 Å². The number of nitrogens with zero attached hydrogens (tertiary/aromatic N) is 2. The predicted molar refractivity (Wildman–Crippen MR) is 87.8 cm³/mol. The Kier molecular flexibility index (Phi) is 5.70. The van der Waals surface area contributed by atoms with Gasteiger partial charge in [-0.3, -0.25) is 0 Å². The van der Waals surface area contributed by atoms with Crippen LogP contribution in [0.15, 0.2) is 41.0 Å². The van der Waals surface area contributed by atoms with Crippen LogP contribution in [-0.2, 0) is 13.1 Å². The predicted octanol–water partition coefficient (Wildman–Crippen LogP) is 3.73. The minimum absolute atomic E-state index is 0.302. The van der Waals surface area contributed by atoms with Crippen molar-refractivity contribution in [3.05, 3.63) is 57.9 Å². The second kappa shape index (κ2) is 7.52. The van der Waals surface area contributed by atoms with Crippen molar-refractivity contribution >= 4 is 21.7 Å². The molecule has 0 saturated heterocycles. The first-order valence-corrected chi connectivity index (χ1v) is 7.70. The van der Waals surface area contributed by atoms with Gasteiger partial charge in [0.2, 0.25) is 0 Å². The van der Waals surface area contributed by atoms with Crippen molar-refractivity contribution in [2.75, 3.05) is 18.5 Å². The van der Waals surface area contributed by atoms with Crippen LogP contribution in [-0.4, -0.2) is 18.6 Å². The molecule has 0 aliphatic heterocycles. The van der Waals surface area contributed by atoms with E-state index < -0.39 is 0 Å². The minimum atomic E-state index is -0.302. The third kappa shape index (κ3) is 4.51. The summed E-state index contributed by atoms with van der Waals surface area (Å²) in [6, 6.07) is 9.70. The number of halogens is 2. The van der Waals surface area contributed by atoms with E-state index in [2.05, 4.69) is 38.4 Å². The van der Waals surface area contributed by atoms with Crippen molar-refractivity contribution in [2.24, 2.45) is 0 Å². The summed E-state index contributed by atoms with van der Waals surface area (Å²) in [5.74, 6) is 0.504. The van der Waals surface area contributed by atoms with Gasteiger partial charge < -0.3 is 10.2 Å². The summed E-state index contributed by atoms with van der Waals surface area (Å²) in [6.07, 6.45) is 1.27. The van der Waals surface area contributed by atoms with Gasteiger partial charge >= 0.3 is 0 Å². The van der Waals surface area contributed by atoms with Crippen LogP contribution in [0, 0.1) is 5.82 Å². The van der Waals surface area contributed by atoms with E-state index in [0.717, 1.165) is 28.9 Å². The standard InChI is InChI=1S/C16H19BrFN3/c1-3-19-9-13-8-15(18)10-20-16(13)21(2)11-12-4-6-14(17)7-5-12/h4-8,10,19H,3,9,11H2,1-2H3. The number of hydrogen-bond acceptors (Lipinski definition) is 3. The van der Waals surface area contributed by atoms with Gasteiger partial charge in [0.1, 0.15) is 11.6 Å². The zero-order valence-corrected chi connectivity index (χ0v) is 13.8. The Morgan fingerprint density at radius 1 is 1.29 bits per heavy atom. The molecule has 0 unspecified atom stereocenters. The summed E-state index contributed by atoms with van der Waals surface area (Å²) < 4.78 is 14.5. The Hall–Kier alpha value is -1.46. The monoisotopic (exact) mass is 351 g/mol. The highest BCUT2D eigenvalue weighted by atomic mass is 79.9. The first-order chi connectivity index (χ1) is 10.1. The van der Waals surface area contributed by atoms with Gasteiger partial charge in [-0.1, -0.05) is 35.0 Å². The number of rotatable bonds is 6. The van der Waals surface area contributed by atoms with Gasteiger partial charge in [0.25, 0.3) is 0 Å². The maximum atomic E-state index is 13.4. The molecule has 112 valence electrons. The van der Waals surface area contributed by atoms with Gasteiger partial charge in [-0.25, -0.2) is 9.37 Å². The van der Waals surface area contributed by atoms with Crippen molar-refractivity contribution in [2.45, 2.75) is 20.0 Å². The molecular weight excluding hydrogens is 333 g/mol. The summed E-state index contributed by atoms with van der Waals surface area (Å²) >= 11 is 3.43. The first-order valence-electron chi connectivity index (χ1n) is 6.91. The zero-order chi connectivity index (χ0) is 15.2. The fourth-order valence-electron chi connectivity index (χ4n) is 2.15. The van der Waals surface area contributed by atoms with Crippen molar-refractivity contribution in [3.8, 4) is 0 Å². The van der Waals surface area contributed by atoms with Gasteiger partial charge in [0.05, 0.1) is 6.20 Å². The maximum Gasteiger partial charge on any atom is 0.141 e. The van der Waals surface area contributed by atoms with Crippen LogP contribution in [0.5, 0.6) is 0 Å². The topological polar surface area (TPSA) is 28.2 Å². The molecule has 0 aliphatic carbocycles. The second-order valence-electron chi connectivity index (χ2n) is 4.90. The van der Waals surface area contributed by atoms with Crippen LogP contribution >= 0.6 is 15.9 Å². The highest BCUT2D eigenvalue weighted by Crippen LogP contribution is 2.20. The highest BCUT2D eigenvalue weighted by molar-refractivity contribution is 9.10.